The van der Waals surface area contributed by atoms with E-state index in [0.29, 0.717) is 33.6 Å². The molecule has 2 heterocycles. The summed E-state index contributed by atoms with van der Waals surface area (Å²) in [6.07, 6.45) is 0. The zero-order valence-electron chi connectivity index (χ0n) is 14.9. The minimum Gasteiger partial charge on any atom is -0.487 e. The van der Waals surface area contributed by atoms with E-state index >= 15 is 0 Å². The molecule has 0 aliphatic carbocycles. The molecule has 0 saturated heterocycles. The molecule has 2 aromatic heterocycles. The van der Waals surface area contributed by atoms with Crippen molar-refractivity contribution in [3.63, 3.8) is 0 Å². The quantitative estimate of drug-likeness (QED) is 0.582. The number of ether oxygens (including phenoxy) is 1. The Hall–Kier alpha value is -3.12. The maximum Gasteiger partial charge on any atom is 0.277 e. The zero-order chi connectivity index (χ0) is 19.0. The van der Waals surface area contributed by atoms with Crippen LogP contribution in [0.1, 0.15) is 16.8 Å². The summed E-state index contributed by atoms with van der Waals surface area (Å²) in [6, 6.07) is 15.1. The number of nitrogens with one attached hydrogen (secondary N) is 1. The second-order valence-electron chi connectivity index (χ2n) is 6.21. The first-order chi connectivity index (χ1) is 13.0. The molecule has 0 aliphatic rings. The Labute approximate surface area is 160 Å². The Bertz CT molecular complexity index is 1180. The van der Waals surface area contributed by atoms with Gasteiger partial charge in [-0.2, -0.15) is 9.50 Å². The van der Waals surface area contributed by atoms with Gasteiger partial charge >= 0.3 is 0 Å². The number of rotatable bonds is 4. The molecule has 7 heteroatoms. The number of halogens is 1. The summed E-state index contributed by atoms with van der Waals surface area (Å²) in [7, 11) is 0. The van der Waals surface area contributed by atoms with E-state index < -0.39 is 0 Å². The third-order valence-electron chi connectivity index (χ3n) is 4.45. The molecule has 0 atom stereocenters. The summed E-state index contributed by atoms with van der Waals surface area (Å²) in [6.45, 7) is 3.77. The van der Waals surface area contributed by atoms with E-state index in [0.717, 1.165) is 11.1 Å². The number of H-pyrrole nitrogens is 1. The van der Waals surface area contributed by atoms with Crippen LogP contribution >= 0.6 is 11.6 Å². The Balaban J connectivity index is 1.70. The predicted octanol–water partition coefficient (Wildman–Crippen LogP) is 3.93. The SMILES string of the molecule is Cc1c(Cl)cccc1OCc1nc2nc(-c3ccccc3)[nH]n2c(=O)c1C. The van der Waals surface area contributed by atoms with Gasteiger partial charge in [0.15, 0.2) is 5.82 Å². The molecule has 0 radical (unpaired) electrons. The van der Waals surface area contributed by atoms with Crippen molar-refractivity contribution >= 4 is 17.4 Å². The lowest BCUT2D eigenvalue weighted by atomic mass is 10.2. The van der Waals surface area contributed by atoms with E-state index in [2.05, 4.69) is 15.1 Å². The average Bonchev–Trinajstić information content (AvgIpc) is 3.11. The molecule has 4 rings (SSSR count). The molecule has 0 fully saturated rings. The van der Waals surface area contributed by atoms with Gasteiger partial charge in [-0.25, -0.2) is 4.98 Å². The number of aromatic amines is 1. The molecule has 0 spiro atoms. The highest BCUT2D eigenvalue weighted by molar-refractivity contribution is 6.31. The lowest BCUT2D eigenvalue weighted by Gasteiger charge is -2.10. The molecule has 0 aliphatic heterocycles. The van der Waals surface area contributed by atoms with Crippen molar-refractivity contribution in [2.45, 2.75) is 20.5 Å². The first-order valence-electron chi connectivity index (χ1n) is 8.46. The maximum atomic E-state index is 12.7. The van der Waals surface area contributed by atoms with Crippen molar-refractivity contribution in [2.75, 3.05) is 0 Å². The Kier molecular flexibility index (Phi) is 4.41. The molecule has 1 N–H and O–H groups in total. The van der Waals surface area contributed by atoms with Crippen LogP contribution in [-0.4, -0.2) is 19.6 Å². The first-order valence-corrected chi connectivity index (χ1v) is 8.84. The van der Waals surface area contributed by atoms with Gasteiger partial charge < -0.3 is 4.74 Å². The molecular weight excluding hydrogens is 364 g/mol. The van der Waals surface area contributed by atoms with E-state index in [4.69, 9.17) is 16.3 Å². The average molecular weight is 381 g/mol. The minimum absolute atomic E-state index is 0.159. The molecule has 0 bridgehead atoms. The summed E-state index contributed by atoms with van der Waals surface area (Å²) in [4.78, 5) is 21.7. The number of fused-ring (bicyclic) bond motifs is 1. The van der Waals surface area contributed by atoms with Crippen LogP contribution < -0.4 is 10.3 Å². The van der Waals surface area contributed by atoms with Crippen molar-refractivity contribution in [3.05, 3.63) is 80.7 Å². The first kappa shape index (κ1) is 17.3. The lowest BCUT2D eigenvalue weighted by Crippen LogP contribution is -2.21. The van der Waals surface area contributed by atoms with Crippen LogP contribution in [0.25, 0.3) is 17.2 Å². The molecule has 0 saturated carbocycles. The van der Waals surface area contributed by atoms with Gasteiger partial charge in [-0.15, -0.1) is 0 Å². The fourth-order valence-corrected chi connectivity index (χ4v) is 2.96. The molecule has 0 unspecified atom stereocenters. The second kappa shape index (κ2) is 6.89. The molecule has 136 valence electrons. The third kappa shape index (κ3) is 3.19. The van der Waals surface area contributed by atoms with E-state index in [1.807, 2.05) is 49.4 Å². The Morgan fingerprint density at radius 3 is 2.59 bits per heavy atom. The van der Waals surface area contributed by atoms with Gasteiger partial charge in [0.2, 0.25) is 0 Å². The van der Waals surface area contributed by atoms with Gasteiger partial charge in [-0.05, 0) is 26.0 Å². The van der Waals surface area contributed by atoms with Crippen LogP contribution in [0.15, 0.2) is 53.3 Å². The maximum absolute atomic E-state index is 12.7. The molecule has 4 aromatic rings. The van der Waals surface area contributed by atoms with Gasteiger partial charge in [0.1, 0.15) is 12.4 Å². The van der Waals surface area contributed by atoms with Crippen molar-refractivity contribution in [1.29, 1.82) is 0 Å². The van der Waals surface area contributed by atoms with E-state index in [9.17, 15) is 4.79 Å². The fourth-order valence-electron chi connectivity index (χ4n) is 2.80. The standard InChI is InChI=1S/C20H17ClN4O2/c1-12-15(21)9-6-10-17(12)27-11-16-13(2)19(26)25-20(22-16)23-18(24-25)14-7-4-3-5-8-14/h3-10H,11H2,1-2H3,(H,22,23,24). The molecule has 6 nitrogen and oxygen atoms in total. The van der Waals surface area contributed by atoms with E-state index in [1.54, 1.807) is 13.0 Å². The highest BCUT2D eigenvalue weighted by Gasteiger charge is 2.14. The molecule has 27 heavy (non-hydrogen) atoms. The predicted molar refractivity (Wildman–Crippen MR) is 104 cm³/mol. The van der Waals surface area contributed by atoms with Crippen LogP contribution in [0.4, 0.5) is 0 Å². The number of nitrogens with zero attached hydrogens (tertiary/aromatic N) is 3. The summed E-state index contributed by atoms with van der Waals surface area (Å²) >= 11 is 6.13. The lowest BCUT2D eigenvalue weighted by molar-refractivity contribution is 0.298. The van der Waals surface area contributed by atoms with Crippen LogP contribution in [-0.2, 0) is 6.61 Å². The minimum atomic E-state index is -0.198. The molecule has 2 aromatic carbocycles. The summed E-state index contributed by atoms with van der Waals surface area (Å²) in [5.74, 6) is 1.56. The third-order valence-corrected chi connectivity index (χ3v) is 4.86. The van der Waals surface area contributed by atoms with Gasteiger partial charge in [0, 0.05) is 21.7 Å². The second-order valence-corrected chi connectivity index (χ2v) is 6.62. The molecule has 0 amide bonds. The van der Waals surface area contributed by atoms with Crippen LogP contribution in [0.2, 0.25) is 5.02 Å². The summed E-state index contributed by atoms with van der Waals surface area (Å²) in [5.41, 5.74) is 2.59. The van der Waals surface area contributed by atoms with Crippen molar-refractivity contribution in [2.24, 2.45) is 0 Å². The van der Waals surface area contributed by atoms with Crippen LogP contribution in [0.5, 0.6) is 5.75 Å². The highest BCUT2D eigenvalue weighted by Crippen LogP contribution is 2.25. The largest absolute Gasteiger partial charge is 0.487 e. The van der Waals surface area contributed by atoms with Gasteiger partial charge in [-0.1, -0.05) is 48.0 Å². The smallest absolute Gasteiger partial charge is 0.277 e. The van der Waals surface area contributed by atoms with Gasteiger partial charge in [0.05, 0.1) is 5.69 Å². The summed E-state index contributed by atoms with van der Waals surface area (Å²) < 4.78 is 7.20. The number of aromatic nitrogens is 4. The highest BCUT2D eigenvalue weighted by atomic mass is 35.5. The fraction of sp³-hybridized carbons (Fsp3) is 0.150. The normalized spacial score (nSPS) is 11.1. The van der Waals surface area contributed by atoms with Gasteiger partial charge in [-0.3, -0.25) is 9.89 Å². The van der Waals surface area contributed by atoms with Crippen molar-refractivity contribution in [3.8, 4) is 17.1 Å². The number of hydrogen-bond acceptors (Lipinski definition) is 4. The number of hydrogen-bond donors (Lipinski definition) is 1. The van der Waals surface area contributed by atoms with E-state index in [-0.39, 0.29) is 12.2 Å². The van der Waals surface area contributed by atoms with E-state index in [1.165, 1.54) is 4.52 Å². The van der Waals surface area contributed by atoms with Crippen LogP contribution in [0.3, 0.4) is 0 Å². The topological polar surface area (TPSA) is 72.3 Å². The molecular formula is C20H17ClN4O2. The number of benzene rings is 2. The van der Waals surface area contributed by atoms with Crippen molar-refractivity contribution in [1.82, 2.24) is 19.6 Å². The van der Waals surface area contributed by atoms with Crippen LogP contribution in [0, 0.1) is 13.8 Å². The van der Waals surface area contributed by atoms with Crippen molar-refractivity contribution < 1.29 is 4.74 Å². The van der Waals surface area contributed by atoms with Gasteiger partial charge in [0.25, 0.3) is 11.3 Å². The summed E-state index contributed by atoms with van der Waals surface area (Å²) in [5, 5.41) is 3.64. The monoisotopic (exact) mass is 380 g/mol. The Morgan fingerprint density at radius 1 is 1.04 bits per heavy atom. The Morgan fingerprint density at radius 2 is 1.81 bits per heavy atom. The zero-order valence-corrected chi connectivity index (χ0v) is 15.6.